The summed E-state index contributed by atoms with van der Waals surface area (Å²) in [6, 6.07) is 7.40. The van der Waals surface area contributed by atoms with Crippen molar-refractivity contribution in [1.29, 1.82) is 0 Å². The first kappa shape index (κ1) is 12.3. The first-order valence-electron chi connectivity index (χ1n) is 6.53. The van der Waals surface area contributed by atoms with Crippen molar-refractivity contribution in [3.05, 3.63) is 29.8 Å². The second-order valence-electron chi connectivity index (χ2n) is 4.91. The molecule has 0 saturated carbocycles. The van der Waals surface area contributed by atoms with Crippen LogP contribution < -0.4 is 10.6 Å². The van der Waals surface area contributed by atoms with Gasteiger partial charge in [0.15, 0.2) is 0 Å². The number of carbonyl (C=O) groups is 2. The lowest BCUT2D eigenvalue weighted by molar-refractivity contribution is -0.146. The number of morpholine rings is 1. The number of hydrogen-bond donors (Lipinski definition) is 1. The van der Waals surface area contributed by atoms with Crippen molar-refractivity contribution in [2.75, 3.05) is 11.4 Å². The highest BCUT2D eigenvalue weighted by Crippen LogP contribution is 2.31. The average Bonchev–Trinajstić information content (AvgIpc) is 2.86. The van der Waals surface area contributed by atoms with Crippen LogP contribution in [-0.4, -0.2) is 30.6 Å². The van der Waals surface area contributed by atoms with E-state index in [1.54, 1.807) is 12.1 Å². The SMILES string of the molecule is NCCc1ccc(N2C(=O)C3CCC(O3)C2=O)cc1. The third-order valence-corrected chi connectivity index (χ3v) is 3.64. The van der Waals surface area contributed by atoms with Crippen LogP contribution >= 0.6 is 0 Å². The van der Waals surface area contributed by atoms with Gasteiger partial charge in [0, 0.05) is 0 Å². The molecule has 2 unspecified atom stereocenters. The van der Waals surface area contributed by atoms with Crippen LogP contribution in [0.5, 0.6) is 0 Å². The molecule has 2 amide bonds. The van der Waals surface area contributed by atoms with Gasteiger partial charge in [0.2, 0.25) is 0 Å². The maximum absolute atomic E-state index is 12.2. The van der Waals surface area contributed by atoms with Crippen LogP contribution in [0.3, 0.4) is 0 Å². The molecule has 0 aromatic heterocycles. The van der Waals surface area contributed by atoms with Crippen molar-refractivity contribution in [3.63, 3.8) is 0 Å². The molecule has 3 rings (SSSR count). The van der Waals surface area contributed by atoms with Gasteiger partial charge >= 0.3 is 0 Å². The molecule has 0 radical (unpaired) electrons. The molecule has 1 aromatic rings. The number of amides is 2. The van der Waals surface area contributed by atoms with Crippen molar-refractivity contribution in [3.8, 4) is 0 Å². The van der Waals surface area contributed by atoms with Gasteiger partial charge in [-0.1, -0.05) is 12.1 Å². The first-order chi connectivity index (χ1) is 9.20. The number of fused-ring (bicyclic) bond motifs is 2. The summed E-state index contributed by atoms with van der Waals surface area (Å²) in [4.78, 5) is 25.6. The third kappa shape index (κ3) is 2.05. The van der Waals surface area contributed by atoms with Gasteiger partial charge in [-0.25, -0.2) is 4.90 Å². The zero-order valence-corrected chi connectivity index (χ0v) is 10.5. The van der Waals surface area contributed by atoms with Gasteiger partial charge in [0.25, 0.3) is 11.8 Å². The summed E-state index contributed by atoms with van der Waals surface area (Å²) in [5.41, 5.74) is 7.22. The Labute approximate surface area is 111 Å². The van der Waals surface area contributed by atoms with Gasteiger partial charge in [-0.05, 0) is 43.5 Å². The minimum absolute atomic E-state index is 0.245. The van der Waals surface area contributed by atoms with Crippen molar-refractivity contribution in [2.45, 2.75) is 31.5 Å². The normalized spacial score (nSPS) is 26.1. The molecule has 5 heteroatoms. The quantitative estimate of drug-likeness (QED) is 0.808. The number of nitrogens with two attached hydrogens (primary N) is 1. The van der Waals surface area contributed by atoms with E-state index in [4.69, 9.17) is 10.5 Å². The summed E-state index contributed by atoms with van der Waals surface area (Å²) >= 11 is 0. The lowest BCUT2D eigenvalue weighted by atomic mass is 10.1. The lowest BCUT2D eigenvalue weighted by Gasteiger charge is -2.29. The number of rotatable bonds is 3. The maximum Gasteiger partial charge on any atom is 0.262 e. The Morgan fingerprint density at radius 2 is 1.68 bits per heavy atom. The maximum atomic E-state index is 12.2. The minimum Gasteiger partial charge on any atom is -0.355 e. The smallest absolute Gasteiger partial charge is 0.262 e. The van der Waals surface area contributed by atoms with Gasteiger partial charge in [0.1, 0.15) is 12.2 Å². The number of carbonyl (C=O) groups excluding carboxylic acids is 2. The highest BCUT2D eigenvalue weighted by atomic mass is 16.5. The molecule has 2 aliphatic rings. The Kier molecular flexibility index (Phi) is 3.08. The molecular formula is C14H16N2O3. The number of ether oxygens (including phenoxy) is 1. The fourth-order valence-corrected chi connectivity index (χ4v) is 2.63. The molecule has 2 bridgehead atoms. The van der Waals surface area contributed by atoms with Crippen molar-refractivity contribution < 1.29 is 14.3 Å². The zero-order chi connectivity index (χ0) is 13.4. The summed E-state index contributed by atoms with van der Waals surface area (Å²) in [7, 11) is 0. The second-order valence-corrected chi connectivity index (χ2v) is 4.91. The van der Waals surface area contributed by atoms with E-state index in [9.17, 15) is 9.59 Å². The molecular weight excluding hydrogens is 244 g/mol. The van der Waals surface area contributed by atoms with E-state index in [1.165, 1.54) is 4.90 Å². The molecule has 1 aromatic carbocycles. The Bertz CT molecular complexity index is 490. The zero-order valence-electron chi connectivity index (χ0n) is 10.5. The lowest BCUT2D eigenvalue weighted by Crippen LogP contribution is -2.52. The Morgan fingerprint density at radius 1 is 1.11 bits per heavy atom. The number of nitrogens with zero attached hydrogens (tertiary/aromatic N) is 1. The van der Waals surface area contributed by atoms with Crippen LogP contribution in [0.4, 0.5) is 5.69 Å². The van der Waals surface area contributed by atoms with E-state index in [1.807, 2.05) is 12.1 Å². The molecule has 2 atom stereocenters. The van der Waals surface area contributed by atoms with E-state index in [2.05, 4.69) is 0 Å². The highest BCUT2D eigenvalue weighted by molar-refractivity contribution is 6.19. The summed E-state index contributed by atoms with van der Waals surface area (Å²) < 4.78 is 5.38. The first-order valence-corrected chi connectivity index (χ1v) is 6.53. The fraction of sp³-hybridized carbons (Fsp3) is 0.429. The standard InChI is InChI=1S/C14H16N2O3/c15-8-7-9-1-3-10(4-2-9)16-13(17)11-5-6-12(19-11)14(16)18/h1-4,11-12H,5-8,15H2. The van der Waals surface area contributed by atoms with Gasteiger partial charge in [-0.3, -0.25) is 9.59 Å². The summed E-state index contributed by atoms with van der Waals surface area (Å²) in [6.45, 7) is 0.582. The highest BCUT2D eigenvalue weighted by Gasteiger charge is 2.46. The fourth-order valence-electron chi connectivity index (χ4n) is 2.63. The van der Waals surface area contributed by atoms with E-state index in [0.29, 0.717) is 25.1 Å². The van der Waals surface area contributed by atoms with Crippen molar-refractivity contribution in [1.82, 2.24) is 0 Å². The van der Waals surface area contributed by atoms with Gasteiger partial charge in [-0.15, -0.1) is 0 Å². The van der Waals surface area contributed by atoms with E-state index in [-0.39, 0.29) is 11.8 Å². The van der Waals surface area contributed by atoms with Gasteiger partial charge in [-0.2, -0.15) is 0 Å². The summed E-state index contributed by atoms with van der Waals surface area (Å²) in [5, 5.41) is 0. The Balaban J connectivity index is 1.88. The second kappa shape index (κ2) is 4.75. The van der Waals surface area contributed by atoms with E-state index >= 15 is 0 Å². The molecule has 2 fully saturated rings. The molecule has 5 nitrogen and oxygen atoms in total. The van der Waals surface area contributed by atoms with Crippen molar-refractivity contribution >= 4 is 17.5 Å². The number of imide groups is 1. The topological polar surface area (TPSA) is 72.6 Å². The monoisotopic (exact) mass is 260 g/mol. The van der Waals surface area contributed by atoms with Gasteiger partial charge in [0.05, 0.1) is 5.69 Å². The van der Waals surface area contributed by atoms with E-state index in [0.717, 1.165) is 12.0 Å². The molecule has 2 heterocycles. The molecule has 0 aliphatic carbocycles. The Hall–Kier alpha value is -1.72. The predicted octanol–water partition coefficient (Wildman–Crippen LogP) is 0.609. The number of benzene rings is 1. The van der Waals surface area contributed by atoms with Crippen LogP contribution in [0, 0.1) is 0 Å². The summed E-state index contributed by atoms with van der Waals surface area (Å²) in [6.07, 6.45) is 1.16. The third-order valence-electron chi connectivity index (χ3n) is 3.64. The van der Waals surface area contributed by atoms with Crippen LogP contribution in [0.25, 0.3) is 0 Å². The van der Waals surface area contributed by atoms with Crippen LogP contribution in [0.2, 0.25) is 0 Å². The molecule has 100 valence electrons. The molecule has 0 spiro atoms. The summed E-state index contributed by atoms with van der Waals surface area (Å²) in [5.74, 6) is -0.490. The minimum atomic E-state index is -0.452. The molecule has 19 heavy (non-hydrogen) atoms. The van der Waals surface area contributed by atoms with Crippen LogP contribution in [0.15, 0.2) is 24.3 Å². The van der Waals surface area contributed by atoms with E-state index < -0.39 is 12.2 Å². The molecule has 2 aliphatic heterocycles. The van der Waals surface area contributed by atoms with Gasteiger partial charge < -0.3 is 10.5 Å². The largest absolute Gasteiger partial charge is 0.355 e. The molecule has 2 saturated heterocycles. The van der Waals surface area contributed by atoms with Crippen molar-refractivity contribution in [2.24, 2.45) is 5.73 Å². The molecule has 2 N–H and O–H groups in total. The number of anilines is 1. The Morgan fingerprint density at radius 3 is 2.21 bits per heavy atom. The predicted molar refractivity (Wildman–Crippen MR) is 69.6 cm³/mol. The van der Waals surface area contributed by atoms with Crippen LogP contribution in [-0.2, 0) is 20.7 Å². The average molecular weight is 260 g/mol. The van der Waals surface area contributed by atoms with Crippen LogP contribution in [0.1, 0.15) is 18.4 Å². The number of hydrogen-bond acceptors (Lipinski definition) is 4.